The van der Waals surface area contributed by atoms with Crippen LogP contribution in [0.2, 0.25) is 0 Å². The molecule has 2 N–H and O–H groups in total. The summed E-state index contributed by atoms with van der Waals surface area (Å²) >= 11 is 1.16. The lowest BCUT2D eigenvalue weighted by Gasteiger charge is -2.30. The van der Waals surface area contributed by atoms with Crippen LogP contribution in [0.3, 0.4) is 0 Å². The largest absolute Gasteiger partial charge is 0.326 e. The van der Waals surface area contributed by atoms with Crippen LogP contribution in [0.15, 0.2) is 69.1 Å². The maximum Gasteiger partial charge on any atom is 0.261 e. The van der Waals surface area contributed by atoms with Gasteiger partial charge < -0.3 is 5.32 Å². The van der Waals surface area contributed by atoms with Crippen molar-refractivity contribution in [3.63, 3.8) is 0 Å². The number of rotatable bonds is 7. The number of hydrogen-bond donors (Lipinski definition) is 2. The zero-order valence-corrected chi connectivity index (χ0v) is 21.8. The summed E-state index contributed by atoms with van der Waals surface area (Å²) in [5, 5.41) is 4.50. The van der Waals surface area contributed by atoms with Gasteiger partial charge >= 0.3 is 0 Å². The van der Waals surface area contributed by atoms with Crippen LogP contribution in [0, 0.1) is 19.8 Å². The smallest absolute Gasteiger partial charge is 0.261 e. The van der Waals surface area contributed by atoms with Crippen LogP contribution in [0.25, 0.3) is 0 Å². The lowest BCUT2D eigenvalue weighted by atomic mass is 9.99. The normalized spacial score (nSPS) is 17.1. The number of amides is 1. The highest BCUT2D eigenvalue weighted by Crippen LogP contribution is 2.28. The van der Waals surface area contributed by atoms with Gasteiger partial charge in [-0.15, -0.1) is 11.3 Å². The molecule has 0 spiro atoms. The third-order valence-corrected chi connectivity index (χ3v) is 10.6. The van der Waals surface area contributed by atoms with E-state index in [1.54, 1.807) is 17.5 Å². The summed E-state index contributed by atoms with van der Waals surface area (Å²) in [6, 6.07) is 14.7. The Hall–Kier alpha value is -2.73. The molecule has 2 aromatic carbocycles. The molecule has 0 unspecified atom stereocenters. The van der Waals surface area contributed by atoms with Crippen LogP contribution in [0.5, 0.6) is 0 Å². The highest BCUT2D eigenvalue weighted by Gasteiger charge is 2.33. The molecule has 2 heterocycles. The Balaban J connectivity index is 1.42. The second-order valence-corrected chi connectivity index (χ2v) is 13.3. The lowest BCUT2D eigenvalue weighted by Crippen LogP contribution is -2.43. The van der Waals surface area contributed by atoms with E-state index in [0.29, 0.717) is 30.8 Å². The van der Waals surface area contributed by atoms with E-state index in [1.165, 1.54) is 28.6 Å². The molecule has 1 saturated heterocycles. The topological polar surface area (TPSA) is 113 Å². The third kappa shape index (κ3) is 5.58. The summed E-state index contributed by atoms with van der Waals surface area (Å²) in [5.41, 5.74) is 2.63. The van der Waals surface area contributed by atoms with Gasteiger partial charge in [0.15, 0.2) is 0 Å². The molecule has 1 amide bonds. The molecule has 186 valence electrons. The summed E-state index contributed by atoms with van der Waals surface area (Å²) in [7, 11) is -7.42. The van der Waals surface area contributed by atoms with Crippen LogP contribution in [-0.4, -0.2) is 40.1 Å². The Morgan fingerprint density at radius 3 is 2.29 bits per heavy atom. The quantitative estimate of drug-likeness (QED) is 0.473. The van der Waals surface area contributed by atoms with Crippen LogP contribution < -0.4 is 10.0 Å². The minimum atomic E-state index is -3.80. The minimum absolute atomic E-state index is 0.0732. The number of hydrogen-bond acceptors (Lipinski definition) is 6. The molecule has 0 saturated carbocycles. The van der Waals surface area contributed by atoms with Gasteiger partial charge in [0, 0.05) is 18.8 Å². The SMILES string of the molecule is Cc1cccc(C)c1NS(=O)(=O)c1ccc(NC(=O)[C@@H]2CCCN(S(=O)(=O)c3cccs3)C2)cc1. The van der Waals surface area contributed by atoms with Gasteiger partial charge in [-0.3, -0.25) is 9.52 Å². The molecule has 3 aromatic rings. The van der Waals surface area contributed by atoms with E-state index in [9.17, 15) is 21.6 Å². The molecule has 1 aliphatic rings. The summed E-state index contributed by atoms with van der Waals surface area (Å²) in [5.74, 6) is -0.784. The first-order valence-corrected chi connectivity index (χ1v) is 14.9. The predicted molar refractivity (Wildman–Crippen MR) is 138 cm³/mol. The average molecular weight is 534 g/mol. The number of piperidine rings is 1. The van der Waals surface area contributed by atoms with Gasteiger partial charge in [-0.2, -0.15) is 4.31 Å². The molecule has 1 aromatic heterocycles. The van der Waals surface area contributed by atoms with Crippen molar-refractivity contribution in [2.75, 3.05) is 23.1 Å². The highest BCUT2D eigenvalue weighted by atomic mass is 32.2. The van der Waals surface area contributed by atoms with Crippen LogP contribution in [0.4, 0.5) is 11.4 Å². The number of thiophene rings is 1. The van der Waals surface area contributed by atoms with Gasteiger partial charge in [-0.05, 0) is 73.5 Å². The third-order valence-electron chi connectivity index (χ3n) is 5.99. The second kappa shape index (κ2) is 10.1. The molecule has 0 aliphatic carbocycles. The fraction of sp³-hybridized carbons (Fsp3) is 0.292. The van der Waals surface area contributed by atoms with Crippen molar-refractivity contribution in [3.05, 3.63) is 71.1 Å². The molecule has 11 heteroatoms. The lowest BCUT2D eigenvalue weighted by molar-refractivity contribution is -0.120. The van der Waals surface area contributed by atoms with E-state index in [-0.39, 0.29) is 21.6 Å². The zero-order valence-electron chi connectivity index (χ0n) is 19.4. The highest BCUT2D eigenvalue weighted by molar-refractivity contribution is 7.92. The monoisotopic (exact) mass is 533 g/mol. The molecule has 8 nitrogen and oxygen atoms in total. The molecule has 1 atom stereocenters. The van der Waals surface area contributed by atoms with Gasteiger partial charge in [0.1, 0.15) is 4.21 Å². The van der Waals surface area contributed by atoms with E-state index in [4.69, 9.17) is 0 Å². The average Bonchev–Trinajstić information content (AvgIpc) is 3.38. The second-order valence-electron chi connectivity index (χ2n) is 8.52. The first-order valence-electron chi connectivity index (χ1n) is 11.1. The first-order chi connectivity index (χ1) is 16.6. The zero-order chi connectivity index (χ0) is 25.2. The number of carbonyl (C=O) groups is 1. The maximum atomic E-state index is 12.9. The molecule has 0 radical (unpaired) electrons. The molecular weight excluding hydrogens is 506 g/mol. The summed E-state index contributed by atoms with van der Waals surface area (Å²) < 4.78 is 55.6. The van der Waals surface area contributed by atoms with E-state index in [0.717, 1.165) is 22.5 Å². The fourth-order valence-corrected chi connectivity index (χ4v) is 7.91. The van der Waals surface area contributed by atoms with Gasteiger partial charge in [-0.25, -0.2) is 16.8 Å². The Bertz CT molecular complexity index is 1400. The van der Waals surface area contributed by atoms with Crippen molar-refractivity contribution < 1.29 is 21.6 Å². The number of nitrogens with one attached hydrogen (secondary N) is 2. The van der Waals surface area contributed by atoms with Crippen molar-refractivity contribution in [3.8, 4) is 0 Å². The summed E-state index contributed by atoms with van der Waals surface area (Å²) in [4.78, 5) is 12.9. The van der Waals surface area contributed by atoms with Crippen molar-refractivity contribution in [2.45, 2.75) is 35.8 Å². The number of para-hydroxylation sites is 1. The molecule has 35 heavy (non-hydrogen) atoms. The molecule has 1 aliphatic heterocycles. The Labute approximate surface area is 210 Å². The first kappa shape index (κ1) is 25.4. The van der Waals surface area contributed by atoms with Crippen LogP contribution in [0.1, 0.15) is 24.0 Å². The van der Waals surface area contributed by atoms with E-state index in [1.807, 2.05) is 32.0 Å². The standard InChI is InChI=1S/C24H27N3O5S3/c1-17-6-3-7-18(2)23(17)26-34(29,30)21-12-10-20(11-13-21)25-24(28)19-8-4-14-27(16-19)35(31,32)22-9-5-15-33-22/h3,5-7,9-13,15,19,26H,4,8,14,16H2,1-2H3,(H,25,28)/t19-/m1/s1. The Kier molecular flexibility index (Phi) is 7.32. The van der Waals surface area contributed by atoms with E-state index >= 15 is 0 Å². The molecule has 1 fully saturated rings. The van der Waals surface area contributed by atoms with Gasteiger partial charge in [0.2, 0.25) is 5.91 Å². The number of aryl methyl sites for hydroxylation is 2. The number of sulfonamides is 2. The Morgan fingerprint density at radius 1 is 0.971 bits per heavy atom. The fourth-order valence-electron chi connectivity index (χ4n) is 4.04. The minimum Gasteiger partial charge on any atom is -0.326 e. The van der Waals surface area contributed by atoms with Crippen molar-refractivity contribution in [2.24, 2.45) is 5.92 Å². The van der Waals surface area contributed by atoms with Crippen LogP contribution in [-0.2, 0) is 24.8 Å². The van der Waals surface area contributed by atoms with Crippen molar-refractivity contribution >= 4 is 48.7 Å². The van der Waals surface area contributed by atoms with Crippen molar-refractivity contribution in [1.82, 2.24) is 4.31 Å². The number of benzene rings is 2. The van der Waals surface area contributed by atoms with E-state index < -0.39 is 26.0 Å². The van der Waals surface area contributed by atoms with Crippen LogP contribution >= 0.6 is 11.3 Å². The molecule has 0 bridgehead atoms. The maximum absolute atomic E-state index is 12.9. The van der Waals surface area contributed by atoms with Gasteiger partial charge in [0.25, 0.3) is 20.0 Å². The predicted octanol–water partition coefficient (Wildman–Crippen LogP) is 4.21. The van der Waals surface area contributed by atoms with Gasteiger partial charge in [-0.1, -0.05) is 24.3 Å². The van der Waals surface area contributed by atoms with E-state index in [2.05, 4.69) is 10.0 Å². The Morgan fingerprint density at radius 2 is 1.66 bits per heavy atom. The molecule has 4 rings (SSSR count). The number of nitrogens with zero attached hydrogens (tertiary/aromatic N) is 1. The number of anilines is 2. The number of carbonyl (C=O) groups excluding carboxylic acids is 1. The summed E-state index contributed by atoms with van der Waals surface area (Å²) in [6.45, 7) is 4.16. The van der Waals surface area contributed by atoms with Gasteiger partial charge in [0.05, 0.1) is 16.5 Å². The molecular formula is C24H27N3O5S3. The summed E-state index contributed by atoms with van der Waals surface area (Å²) in [6.07, 6.45) is 1.16. The van der Waals surface area contributed by atoms with Crippen molar-refractivity contribution in [1.29, 1.82) is 0 Å².